The van der Waals surface area contributed by atoms with Crippen molar-refractivity contribution < 1.29 is 28.5 Å². The fraction of sp³-hybridized carbons (Fsp3) is 0.370. The van der Waals surface area contributed by atoms with Crippen molar-refractivity contribution in [3.05, 3.63) is 59.4 Å². The van der Waals surface area contributed by atoms with E-state index in [4.69, 9.17) is 18.9 Å². The highest BCUT2D eigenvalue weighted by Gasteiger charge is 2.21. The Morgan fingerprint density at radius 1 is 1.00 bits per heavy atom. The number of carbonyl (C=O) groups excluding carboxylic acids is 2. The van der Waals surface area contributed by atoms with Gasteiger partial charge in [-0.05, 0) is 69.8 Å². The summed E-state index contributed by atoms with van der Waals surface area (Å²) < 4.78 is 22.0. The first kappa shape index (κ1) is 25.8. The molecule has 1 heterocycles. The Labute approximate surface area is 205 Å². The molecular weight excluding hydrogens is 448 g/mol. The number of hydrogen-bond acceptors (Lipinski definition) is 7. The maximum absolute atomic E-state index is 13.5. The normalized spacial score (nSPS) is 11.3. The molecule has 0 aliphatic rings. The predicted molar refractivity (Wildman–Crippen MR) is 134 cm³/mol. The fourth-order valence-electron chi connectivity index (χ4n) is 3.55. The van der Waals surface area contributed by atoms with Gasteiger partial charge in [0.1, 0.15) is 17.0 Å². The summed E-state index contributed by atoms with van der Waals surface area (Å²) in [6.45, 7) is 9.38. The van der Waals surface area contributed by atoms with Crippen LogP contribution in [-0.2, 0) is 11.3 Å². The fourth-order valence-corrected chi connectivity index (χ4v) is 3.55. The standard InChI is InChI=1S/C27H32N2O6/c1-16(2)34-19-10-8-9-17(11-19)25(30)24-21-13-23(33-7)22(32-6)12-20(21)18(14-28-24)15-29-26(31)35-27(3,4)5/h8-14,16H,15H2,1-7H3,(H,29,31). The second-order valence-electron chi connectivity index (χ2n) is 9.26. The van der Waals surface area contributed by atoms with Crippen molar-refractivity contribution in [2.45, 2.75) is 52.9 Å². The zero-order chi connectivity index (χ0) is 25.8. The van der Waals surface area contributed by atoms with Crippen molar-refractivity contribution in [2.75, 3.05) is 14.2 Å². The Hall–Kier alpha value is -3.81. The lowest BCUT2D eigenvalue weighted by atomic mass is 9.99. The van der Waals surface area contributed by atoms with E-state index in [0.29, 0.717) is 39.1 Å². The minimum Gasteiger partial charge on any atom is -0.493 e. The van der Waals surface area contributed by atoms with E-state index < -0.39 is 11.7 Å². The molecule has 35 heavy (non-hydrogen) atoms. The second-order valence-corrected chi connectivity index (χ2v) is 9.26. The smallest absolute Gasteiger partial charge is 0.407 e. The Morgan fingerprint density at radius 2 is 1.66 bits per heavy atom. The summed E-state index contributed by atoms with van der Waals surface area (Å²) in [5.74, 6) is 1.30. The Morgan fingerprint density at radius 3 is 2.26 bits per heavy atom. The number of methoxy groups -OCH3 is 2. The van der Waals surface area contributed by atoms with Crippen LogP contribution in [0.2, 0.25) is 0 Å². The Balaban J connectivity index is 2.05. The number of ketones is 1. The second kappa shape index (κ2) is 10.6. The minimum absolute atomic E-state index is 0.0206. The summed E-state index contributed by atoms with van der Waals surface area (Å²) in [5.41, 5.74) is 0.778. The highest BCUT2D eigenvalue weighted by molar-refractivity contribution is 6.15. The number of rotatable bonds is 8. The van der Waals surface area contributed by atoms with Gasteiger partial charge in [0.15, 0.2) is 11.5 Å². The van der Waals surface area contributed by atoms with Crippen molar-refractivity contribution in [1.82, 2.24) is 10.3 Å². The third-order valence-corrected chi connectivity index (χ3v) is 4.98. The lowest BCUT2D eigenvalue weighted by molar-refractivity contribution is 0.0523. The number of amides is 1. The van der Waals surface area contributed by atoms with E-state index in [1.54, 1.807) is 57.3 Å². The summed E-state index contributed by atoms with van der Waals surface area (Å²) >= 11 is 0. The Bertz CT molecular complexity index is 1230. The molecule has 186 valence electrons. The molecule has 2 aromatic carbocycles. The number of ether oxygens (including phenoxy) is 4. The van der Waals surface area contributed by atoms with Gasteiger partial charge in [-0.3, -0.25) is 9.78 Å². The van der Waals surface area contributed by atoms with Crippen molar-refractivity contribution in [3.63, 3.8) is 0 Å². The van der Waals surface area contributed by atoms with Crippen LogP contribution >= 0.6 is 0 Å². The molecule has 0 unspecified atom stereocenters. The quantitative estimate of drug-likeness (QED) is 0.437. The maximum Gasteiger partial charge on any atom is 0.407 e. The average molecular weight is 481 g/mol. The molecule has 0 radical (unpaired) electrons. The minimum atomic E-state index is -0.620. The van der Waals surface area contributed by atoms with Crippen LogP contribution in [0, 0.1) is 0 Å². The Kier molecular flexibility index (Phi) is 7.84. The van der Waals surface area contributed by atoms with Crippen molar-refractivity contribution in [2.24, 2.45) is 0 Å². The van der Waals surface area contributed by atoms with Gasteiger partial charge in [-0.2, -0.15) is 0 Å². The predicted octanol–water partition coefficient (Wildman–Crippen LogP) is 5.29. The van der Waals surface area contributed by atoms with Gasteiger partial charge in [0.2, 0.25) is 5.78 Å². The number of aromatic nitrogens is 1. The van der Waals surface area contributed by atoms with Gasteiger partial charge < -0.3 is 24.3 Å². The number of alkyl carbamates (subject to hydrolysis) is 1. The zero-order valence-electron chi connectivity index (χ0n) is 21.2. The summed E-state index contributed by atoms with van der Waals surface area (Å²) in [4.78, 5) is 30.2. The van der Waals surface area contributed by atoms with Crippen LogP contribution in [0.15, 0.2) is 42.6 Å². The van der Waals surface area contributed by atoms with E-state index in [1.165, 1.54) is 14.2 Å². The molecule has 0 aliphatic heterocycles. The number of fused-ring (bicyclic) bond motifs is 1. The molecule has 1 aromatic heterocycles. The molecule has 3 aromatic rings. The third-order valence-electron chi connectivity index (χ3n) is 4.98. The third kappa shape index (κ3) is 6.41. The zero-order valence-corrected chi connectivity index (χ0v) is 21.2. The first-order chi connectivity index (χ1) is 16.5. The average Bonchev–Trinajstić information content (AvgIpc) is 2.79. The molecular formula is C27H32N2O6. The first-order valence-corrected chi connectivity index (χ1v) is 11.3. The van der Waals surface area contributed by atoms with Crippen LogP contribution in [0.3, 0.4) is 0 Å². The number of nitrogens with zero attached hydrogens (tertiary/aromatic N) is 1. The van der Waals surface area contributed by atoms with Gasteiger partial charge in [-0.1, -0.05) is 12.1 Å². The number of pyridine rings is 1. The van der Waals surface area contributed by atoms with Gasteiger partial charge in [0.25, 0.3) is 0 Å². The van der Waals surface area contributed by atoms with E-state index in [2.05, 4.69) is 10.3 Å². The number of carbonyl (C=O) groups is 2. The molecule has 0 spiro atoms. The largest absolute Gasteiger partial charge is 0.493 e. The van der Waals surface area contributed by atoms with Gasteiger partial charge in [-0.15, -0.1) is 0 Å². The summed E-state index contributed by atoms with van der Waals surface area (Å²) in [6.07, 6.45) is 1.01. The van der Waals surface area contributed by atoms with E-state index in [-0.39, 0.29) is 24.1 Å². The highest BCUT2D eigenvalue weighted by atomic mass is 16.6. The molecule has 8 nitrogen and oxygen atoms in total. The van der Waals surface area contributed by atoms with Crippen molar-refractivity contribution in [1.29, 1.82) is 0 Å². The van der Waals surface area contributed by atoms with Crippen LogP contribution in [0.25, 0.3) is 10.8 Å². The van der Waals surface area contributed by atoms with Gasteiger partial charge in [-0.25, -0.2) is 4.79 Å². The monoisotopic (exact) mass is 480 g/mol. The molecule has 3 rings (SSSR count). The van der Waals surface area contributed by atoms with Crippen LogP contribution in [0.1, 0.15) is 56.2 Å². The maximum atomic E-state index is 13.5. The molecule has 0 saturated carbocycles. The molecule has 1 amide bonds. The van der Waals surface area contributed by atoms with Crippen LogP contribution in [0.5, 0.6) is 17.2 Å². The molecule has 0 saturated heterocycles. The SMILES string of the molecule is COc1cc2c(CNC(=O)OC(C)(C)C)cnc(C(=O)c3cccc(OC(C)C)c3)c2cc1OC. The van der Waals surface area contributed by atoms with E-state index in [0.717, 1.165) is 0 Å². The molecule has 0 fully saturated rings. The summed E-state index contributed by atoms with van der Waals surface area (Å²) in [5, 5.41) is 4.02. The number of nitrogens with one attached hydrogen (secondary N) is 1. The van der Waals surface area contributed by atoms with Gasteiger partial charge >= 0.3 is 6.09 Å². The number of benzene rings is 2. The molecule has 8 heteroatoms. The van der Waals surface area contributed by atoms with Crippen molar-refractivity contribution in [3.8, 4) is 17.2 Å². The number of hydrogen-bond donors (Lipinski definition) is 1. The molecule has 1 N–H and O–H groups in total. The topological polar surface area (TPSA) is 96.0 Å². The summed E-state index contributed by atoms with van der Waals surface area (Å²) in [6, 6.07) is 10.5. The lowest BCUT2D eigenvalue weighted by Crippen LogP contribution is -2.32. The van der Waals surface area contributed by atoms with Gasteiger partial charge in [0, 0.05) is 23.7 Å². The lowest BCUT2D eigenvalue weighted by Gasteiger charge is -2.20. The van der Waals surface area contributed by atoms with Crippen LogP contribution in [0.4, 0.5) is 4.79 Å². The van der Waals surface area contributed by atoms with Crippen molar-refractivity contribution >= 4 is 22.6 Å². The van der Waals surface area contributed by atoms with Crippen LogP contribution < -0.4 is 19.5 Å². The summed E-state index contributed by atoms with van der Waals surface area (Å²) in [7, 11) is 3.06. The van der Waals surface area contributed by atoms with E-state index >= 15 is 0 Å². The highest BCUT2D eigenvalue weighted by Crippen LogP contribution is 2.35. The molecule has 0 aliphatic carbocycles. The first-order valence-electron chi connectivity index (χ1n) is 11.3. The van der Waals surface area contributed by atoms with E-state index in [9.17, 15) is 9.59 Å². The van der Waals surface area contributed by atoms with Gasteiger partial charge in [0.05, 0.1) is 20.3 Å². The molecule has 0 atom stereocenters. The van der Waals surface area contributed by atoms with Crippen LogP contribution in [-0.4, -0.2) is 42.8 Å². The van der Waals surface area contributed by atoms with E-state index in [1.807, 2.05) is 19.9 Å². The molecule has 0 bridgehead atoms.